The van der Waals surface area contributed by atoms with E-state index in [2.05, 4.69) is 20.4 Å². The van der Waals surface area contributed by atoms with Gasteiger partial charge in [0.25, 0.3) is 5.91 Å². The number of nitrogens with two attached hydrogens (primary N) is 1. The summed E-state index contributed by atoms with van der Waals surface area (Å²) in [5.41, 5.74) is 8.48. The van der Waals surface area contributed by atoms with E-state index in [1.54, 1.807) is 16.9 Å². The number of carbonyl (C=O) groups excluding carboxylic acids is 1. The summed E-state index contributed by atoms with van der Waals surface area (Å²) >= 11 is 0. The zero-order valence-electron chi connectivity index (χ0n) is 15.4. The standard InChI is InChI=1S/C20H22N6O2/c21-13-16-12-18(20(27)24-15-6-10-28-11-7-15)25-19(23-16)14-2-4-17(5-3-14)26-9-1-8-22-26/h1-5,8-9,12,15H,6-7,10-11,13,21H2,(H,24,27). The maximum atomic E-state index is 12.7. The molecule has 0 aliphatic carbocycles. The molecule has 8 nitrogen and oxygen atoms in total. The Balaban J connectivity index is 1.58. The van der Waals surface area contributed by atoms with Gasteiger partial charge in [0, 0.05) is 43.8 Å². The van der Waals surface area contributed by atoms with Crippen LogP contribution in [0.2, 0.25) is 0 Å². The molecule has 0 atom stereocenters. The molecule has 1 saturated heterocycles. The van der Waals surface area contributed by atoms with E-state index in [9.17, 15) is 4.79 Å². The number of nitrogens with zero attached hydrogens (tertiary/aromatic N) is 4. The molecular weight excluding hydrogens is 356 g/mol. The maximum Gasteiger partial charge on any atom is 0.270 e. The highest BCUT2D eigenvalue weighted by Gasteiger charge is 2.19. The minimum absolute atomic E-state index is 0.106. The van der Waals surface area contributed by atoms with Gasteiger partial charge >= 0.3 is 0 Å². The van der Waals surface area contributed by atoms with Crippen LogP contribution in [0.5, 0.6) is 0 Å². The SMILES string of the molecule is NCc1cc(C(=O)NC2CCOCC2)nc(-c2ccc(-n3cccn3)cc2)n1. The van der Waals surface area contributed by atoms with Gasteiger partial charge in [0.2, 0.25) is 0 Å². The van der Waals surface area contributed by atoms with Crippen molar-refractivity contribution in [1.29, 1.82) is 0 Å². The summed E-state index contributed by atoms with van der Waals surface area (Å²) < 4.78 is 7.11. The number of ether oxygens (including phenoxy) is 1. The van der Waals surface area contributed by atoms with Crippen LogP contribution in [0.3, 0.4) is 0 Å². The zero-order chi connectivity index (χ0) is 19.3. The summed E-state index contributed by atoms with van der Waals surface area (Å²) in [6.45, 7) is 1.56. The minimum Gasteiger partial charge on any atom is -0.381 e. The lowest BCUT2D eigenvalue weighted by molar-refractivity contribution is 0.0694. The number of aromatic nitrogens is 4. The fourth-order valence-corrected chi connectivity index (χ4v) is 3.13. The van der Waals surface area contributed by atoms with E-state index in [-0.39, 0.29) is 18.5 Å². The van der Waals surface area contributed by atoms with E-state index >= 15 is 0 Å². The third-order valence-electron chi connectivity index (χ3n) is 4.67. The smallest absolute Gasteiger partial charge is 0.270 e. The van der Waals surface area contributed by atoms with Crippen LogP contribution in [0.25, 0.3) is 17.1 Å². The molecule has 1 fully saturated rings. The summed E-state index contributed by atoms with van der Waals surface area (Å²) in [5, 5.41) is 7.25. The highest BCUT2D eigenvalue weighted by atomic mass is 16.5. The Hall–Kier alpha value is -3.10. The van der Waals surface area contributed by atoms with E-state index in [0.717, 1.165) is 24.1 Å². The van der Waals surface area contributed by atoms with Crippen LogP contribution in [0.1, 0.15) is 29.0 Å². The molecule has 3 N–H and O–H groups in total. The Bertz CT molecular complexity index is 934. The van der Waals surface area contributed by atoms with E-state index in [1.165, 1.54) is 0 Å². The predicted molar refractivity (Wildman–Crippen MR) is 104 cm³/mol. The molecule has 28 heavy (non-hydrogen) atoms. The van der Waals surface area contributed by atoms with Crippen molar-refractivity contribution in [2.75, 3.05) is 13.2 Å². The molecule has 144 valence electrons. The molecule has 0 saturated carbocycles. The van der Waals surface area contributed by atoms with Crippen LogP contribution in [0.15, 0.2) is 48.8 Å². The average Bonchev–Trinajstić information content (AvgIpc) is 3.29. The van der Waals surface area contributed by atoms with Crippen molar-refractivity contribution >= 4 is 5.91 Å². The van der Waals surface area contributed by atoms with Crippen LogP contribution >= 0.6 is 0 Å². The summed E-state index contributed by atoms with van der Waals surface area (Å²) in [6, 6.07) is 11.3. The first kappa shape index (κ1) is 18.3. The predicted octanol–water partition coefficient (Wildman–Crippen LogP) is 1.70. The molecule has 0 bridgehead atoms. The largest absolute Gasteiger partial charge is 0.381 e. The van der Waals surface area contributed by atoms with E-state index in [4.69, 9.17) is 10.5 Å². The van der Waals surface area contributed by atoms with Gasteiger partial charge in [-0.15, -0.1) is 0 Å². The van der Waals surface area contributed by atoms with Crippen molar-refractivity contribution in [3.8, 4) is 17.1 Å². The number of rotatable bonds is 5. The molecule has 0 spiro atoms. The lowest BCUT2D eigenvalue weighted by Gasteiger charge is -2.23. The molecule has 0 unspecified atom stereocenters. The molecule has 3 aromatic rings. The van der Waals surface area contributed by atoms with Crippen molar-refractivity contribution in [3.05, 3.63) is 60.2 Å². The molecule has 2 aromatic heterocycles. The van der Waals surface area contributed by atoms with Gasteiger partial charge in [-0.2, -0.15) is 5.10 Å². The molecule has 8 heteroatoms. The van der Waals surface area contributed by atoms with Gasteiger partial charge in [0.15, 0.2) is 5.82 Å². The van der Waals surface area contributed by atoms with Gasteiger partial charge < -0.3 is 15.8 Å². The van der Waals surface area contributed by atoms with E-state index < -0.39 is 0 Å². The van der Waals surface area contributed by atoms with Crippen LogP contribution in [-0.4, -0.2) is 44.9 Å². The van der Waals surface area contributed by atoms with Crippen molar-refractivity contribution in [1.82, 2.24) is 25.1 Å². The van der Waals surface area contributed by atoms with E-state index in [0.29, 0.717) is 30.4 Å². The zero-order valence-corrected chi connectivity index (χ0v) is 15.4. The Morgan fingerprint density at radius 1 is 1.21 bits per heavy atom. The number of hydrogen-bond donors (Lipinski definition) is 2. The normalized spacial score (nSPS) is 14.8. The third kappa shape index (κ3) is 4.08. The molecule has 1 aliphatic heterocycles. The van der Waals surface area contributed by atoms with E-state index in [1.807, 2.05) is 36.5 Å². The maximum absolute atomic E-state index is 12.7. The van der Waals surface area contributed by atoms with Crippen LogP contribution in [0, 0.1) is 0 Å². The summed E-state index contributed by atoms with van der Waals surface area (Å²) in [7, 11) is 0. The van der Waals surface area contributed by atoms with Crippen LogP contribution in [0.4, 0.5) is 0 Å². The Kier molecular flexibility index (Phi) is 5.41. The Morgan fingerprint density at radius 2 is 2.00 bits per heavy atom. The van der Waals surface area contributed by atoms with Gasteiger partial charge in [-0.25, -0.2) is 14.6 Å². The number of amides is 1. The second-order valence-electron chi connectivity index (χ2n) is 6.63. The number of nitrogens with one attached hydrogen (secondary N) is 1. The van der Waals surface area contributed by atoms with Crippen molar-refractivity contribution in [2.45, 2.75) is 25.4 Å². The summed E-state index contributed by atoms with van der Waals surface area (Å²) in [4.78, 5) is 21.6. The molecule has 1 aliphatic rings. The lowest BCUT2D eigenvalue weighted by atomic mass is 10.1. The molecule has 0 radical (unpaired) electrons. The van der Waals surface area contributed by atoms with Gasteiger partial charge in [-0.05, 0) is 49.2 Å². The van der Waals surface area contributed by atoms with Gasteiger partial charge in [-0.3, -0.25) is 4.79 Å². The number of hydrogen-bond acceptors (Lipinski definition) is 6. The first-order valence-corrected chi connectivity index (χ1v) is 9.30. The Labute approximate surface area is 162 Å². The lowest BCUT2D eigenvalue weighted by Crippen LogP contribution is -2.39. The molecule has 4 rings (SSSR count). The van der Waals surface area contributed by atoms with Crippen molar-refractivity contribution in [3.63, 3.8) is 0 Å². The quantitative estimate of drug-likeness (QED) is 0.700. The highest BCUT2D eigenvalue weighted by molar-refractivity contribution is 5.93. The third-order valence-corrected chi connectivity index (χ3v) is 4.67. The van der Waals surface area contributed by atoms with Crippen LogP contribution in [-0.2, 0) is 11.3 Å². The number of benzene rings is 1. The fraction of sp³-hybridized carbons (Fsp3) is 0.300. The van der Waals surface area contributed by atoms with Gasteiger partial charge in [0.1, 0.15) is 5.69 Å². The van der Waals surface area contributed by atoms with Gasteiger partial charge in [-0.1, -0.05) is 0 Å². The van der Waals surface area contributed by atoms with Crippen molar-refractivity contribution < 1.29 is 9.53 Å². The fourth-order valence-electron chi connectivity index (χ4n) is 3.13. The second-order valence-corrected chi connectivity index (χ2v) is 6.63. The topological polar surface area (TPSA) is 108 Å². The molecule has 1 amide bonds. The average molecular weight is 378 g/mol. The summed E-state index contributed by atoms with van der Waals surface area (Å²) in [5.74, 6) is 0.269. The number of carbonyl (C=O) groups is 1. The first-order chi connectivity index (χ1) is 13.7. The minimum atomic E-state index is -0.210. The molecular formula is C20H22N6O2. The van der Waals surface area contributed by atoms with Crippen LogP contribution < -0.4 is 11.1 Å². The monoisotopic (exact) mass is 378 g/mol. The molecule has 1 aromatic carbocycles. The molecule has 3 heterocycles. The van der Waals surface area contributed by atoms with Gasteiger partial charge in [0.05, 0.1) is 11.4 Å². The Morgan fingerprint density at radius 3 is 2.68 bits per heavy atom. The highest BCUT2D eigenvalue weighted by Crippen LogP contribution is 2.19. The second kappa shape index (κ2) is 8.28. The summed E-state index contributed by atoms with van der Waals surface area (Å²) in [6.07, 6.45) is 5.22. The van der Waals surface area contributed by atoms with Crippen molar-refractivity contribution in [2.24, 2.45) is 5.73 Å². The first-order valence-electron chi connectivity index (χ1n) is 9.30.